The van der Waals surface area contributed by atoms with E-state index >= 15 is 0 Å². The Morgan fingerprint density at radius 2 is 1.58 bits per heavy atom. The van der Waals surface area contributed by atoms with Gasteiger partial charge in [-0.1, -0.05) is 68.3 Å². The number of hydrogen-bond donors (Lipinski definition) is 1. The molecule has 6 heteroatoms. The Morgan fingerprint density at radius 3 is 2.15 bits per heavy atom. The molecule has 0 unspecified atom stereocenters. The van der Waals surface area contributed by atoms with E-state index in [-0.39, 0.29) is 19.1 Å². The van der Waals surface area contributed by atoms with Crippen LogP contribution in [0.1, 0.15) is 64.5 Å². The largest absolute Gasteiger partial charge is 0.463 e. The van der Waals surface area contributed by atoms with Gasteiger partial charge in [-0.3, -0.25) is 14.4 Å². The van der Waals surface area contributed by atoms with E-state index in [1.807, 2.05) is 12.1 Å². The van der Waals surface area contributed by atoms with Crippen molar-refractivity contribution in [3.8, 4) is 0 Å². The first-order valence-electron chi connectivity index (χ1n) is 11.5. The van der Waals surface area contributed by atoms with Gasteiger partial charge >= 0.3 is 11.9 Å². The molecule has 0 radical (unpaired) electrons. The number of allylic oxidation sites excluding steroid dienone is 1. The van der Waals surface area contributed by atoms with Gasteiger partial charge in [0.25, 0.3) is 0 Å². The molecule has 2 aromatic carbocycles. The van der Waals surface area contributed by atoms with Gasteiger partial charge in [-0.15, -0.1) is 0 Å². The molecule has 0 bridgehead atoms. The van der Waals surface area contributed by atoms with Gasteiger partial charge in [-0.2, -0.15) is 0 Å². The summed E-state index contributed by atoms with van der Waals surface area (Å²) in [5, 5.41) is 5.16. The van der Waals surface area contributed by atoms with E-state index in [1.165, 1.54) is 39.2 Å². The molecule has 1 N–H and O–H groups in total. The number of hydrogen-bond acceptors (Lipinski definition) is 5. The Hall–Kier alpha value is -3.15. The van der Waals surface area contributed by atoms with Crippen LogP contribution in [0.4, 0.5) is 0 Å². The van der Waals surface area contributed by atoms with Gasteiger partial charge < -0.3 is 14.8 Å². The van der Waals surface area contributed by atoms with E-state index in [9.17, 15) is 14.4 Å². The minimum absolute atomic E-state index is 0.0780. The van der Waals surface area contributed by atoms with E-state index in [2.05, 4.69) is 48.7 Å². The maximum atomic E-state index is 12.0. The van der Waals surface area contributed by atoms with Crippen LogP contribution in [-0.2, 0) is 30.3 Å². The Labute approximate surface area is 196 Å². The lowest BCUT2D eigenvalue weighted by Crippen LogP contribution is -2.55. The van der Waals surface area contributed by atoms with Crippen LogP contribution in [0, 0.1) is 0 Å². The van der Waals surface area contributed by atoms with Crippen LogP contribution in [0.25, 0.3) is 16.8 Å². The number of amides is 1. The summed E-state index contributed by atoms with van der Waals surface area (Å²) >= 11 is 0. The molecular formula is C27H35NO5. The van der Waals surface area contributed by atoms with Gasteiger partial charge in [0.05, 0.1) is 0 Å². The van der Waals surface area contributed by atoms with Gasteiger partial charge in [0.2, 0.25) is 5.91 Å². The fourth-order valence-electron chi connectivity index (χ4n) is 3.83. The summed E-state index contributed by atoms with van der Waals surface area (Å²) in [4.78, 5) is 34.9. The number of esters is 2. The molecule has 6 nitrogen and oxygen atoms in total. The van der Waals surface area contributed by atoms with Crippen LogP contribution >= 0.6 is 0 Å². The van der Waals surface area contributed by atoms with Crippen molar-refractivity contribution in [2.45, 2.75) is 65.3 Å². The number of unbranched alkanes of at least 4 members (excludes halogenated alkanes) is 2. The van der Waals surface area contributed by atoms with Crippen molar-refractivity contribution in [1.82, 2.24) is 5.32 Å². The first kappa shape index (κ1) is 26.1. The average molecular weight is 454 g/mol. The number of ether oxygens (including phenoxy) is 2. The lowest BCUT2D eigenvalue weighted by Gasteiger charge is -2.33. The molecule has 0 saturated carbocycles. The molecule has 0 aromatic heterocycles. The zero-order valence-electron chi connectivity index (χ0n) is 20.1. The zero-order chi connectivity index (χ0) is 24.3. The SMILES string of the molecule is CCCCC=Cc1ccc(CCC(COC(C)=O)(COC(C)=O)NC(C)=O)c2ccccc12. The molecule has 0 saturated heterocycles. The summed E-state index contributed by atoms with van der Waals surface area (Å²) in [5.74, 6) is -1.21. The van der Waals surface area contributed by atoms with Crippen LogP contribution in [-0.4, -0.2) is 36.6 Å². The minimum Gasteiger partial charge on any atom is -0.463 e. The number of aryl methyl sites for hydroxylation is 1. The summed E-state index contributed by atoms with van der Waals surface area (Å²) < 4.78 is 10.5. The highest BCUT2D eigenvalue weighted by atomic mass is 16.5. The van der Waals surface area contributed by atoms with Gasteiger partial charge in [-0.25, -0.2) is 0 Å². The summed E-state index contributed by atoms with van der Waals surface area (Å²) in [6.07, 6.45) is 8.81. The molecule has 0 heterocycles. The van der Waals surface area contributed by atoms with Crippen LogP contribution in [0.15, 0.2) is 42.5 Å². The topological polar surface area (TPSA) is 81.7 Å². The van der Waals surface area contributed by atoms with Crippen LogP contribution < -0.4 is 5.32 Å². The lowest BCUT2D eigenvalue weighted by molar-refractivity contribution is -0.150. The van der Waals surface area contributed by atoms with Gasteiger partial charge in [0, 0.05) is 20.8 Å². The smallest absolute Gasteiger partial charge is 0.302 e. The van der Waals surface area contributed by atoms with Crippen molar-refractivity contribution >= 4 is 34.7 Å². The van der Waals surface area contributed by atoms with Crippen LogP contribution in [0.5, 0.6) is 0 Å². The molecule has 178 valence electrons. The molecule has 1 amide bonds. The highest BCUT2D eigenvalue weighted by Gasteiger charge is 2.34. The fourth-order valence-corrected chi connectivity index (χ4v) is 3.83. The van der Waals surface area contributed by atoms with Crippen molar-refractivity contribution in [2.24, 2.45) is 0 Å². The van der Waals surface area contributed by atoms with E-state index in [4.69, 9.17) is 9.47 Å². The number of rotatable bonds is 12. The predicted molar refractivity (Wildman–Crippen MR) is 131 cm³/mol. The number of fused-ring (bicyclic) bond motifs is 1. The van der Waals surface area contributed by atoms with Crippen LogP contribution in [0.2, 0.25) is 0 Å². The first-order valence-corrected chi connectivity index (χ1v) is 11.5. The third-order valence-electron chi connectivity index (χ3n) is 5.49. The normalized spacial score (nSPS) is 11.5. The molecule has 33 heavy (non-hydrogen) atoms. The highest BCUT2D eigenvalue weighted by molar-refractivity contribution is 5.93. The van der Waals surface area contributed by atoms with Gasteiger partial charge in [0.15, 0.2) is 0 Å². The van der Waals surface area contributed by atoms with Crippen molar-refractivity contribution in [1.29, 1.82) is 0 Å². The quantitative estimate of drug-likeness (QED) is 0.362. The van der Waals surface area contributed by atoms with Crippen molar-refractivity contribution < 1.29 is 23.9 Å². The highest BCUT2D eigenvalue weighted by Crippen LogP contribution is 2.27. The second kappa shape index (κ2) is 12.8. The minimum atomic E-state index is -1.01. The third-order valence-corrected chi connectivity index (χ3v) is 5.49. The predicted octanol–water partition coefficient (Wildman–Crippen LogP) is 4.98. The van der Waals surface area contributed by atoms with Crippen molar-refractivity contribution in [3.63, 3.8) is 0 Å². The second-order valence-electron chi connectivity index (χ2n) is 8.43. The monoisotopic (exact) mass is 453 g/mol. The zero-order valence-corrected chi connectivity index (χ0v) is 20.1. The van der Waals surface area contributed by atoms with Gasteiger partial charge in [0.1, 0.15) is 18.8 Å². The average Bonchev–Trinajstić information content (AvgIpc) is 2.77. The van der Waals surface area contributed by atoms with Crippen molar-refractivity contribution in [2.75, 3.05) is 13.2 Å². The summed E-state index contributed by atoms with van der Waals surface area (Å²) in [5.41, 5.74) is 1.26. The summed E-state index contributed by atoms with van der Waals surface area (Å²) in [6.45, 7) is 6.04. The molecule has 0 spiro atoms. The maximum Gasteiger partial charge on any atom is 0.302 e. The number of benzene rings is 2. The standard InChI is InChI=1S/C27H35NO5/c1-5-6-7-8-11-23-14-15-24(26-13-10-9-12-25(23)26)16-17-27(28-20(2)29,18-32-21(3)30)19-33-22(4)31/h8-15H,5-7,16-19H2,1-4H3,(H,28,29). The Kier molecular flexibility index (Phi) is 10.1. The molecule has 0 aliphatic carbocycles. The molecule has 2 rings (SSSR count). The van der Waals surface area contributed by atoms with E-state index in [0.29, 0.717) is 12.8 Å². The molecule has 2 aromatic rings. The number of carbonyl (C=O) groups excluding carboxylic acids is 3. The third kappa shape index (κ3) is 8.37. The molecule has 0 fully saturated rings. The maximum absolute atomic E-state index is 12.0. The van der Waals surface area contributed by atoms with Crippen LogP contribution in [0.3, 0.4) is 0 Å². The van der Waals surface area contributed by atoms with Crippen molar-refractivity contribution in [3.05, 3.63) is 53.6 Å². The fraction of sp³-hybridized carbons (Fsp3) is 0.444. The first-order chi connectivity index (χ1) is 15.8. The Bertz CT molecular complexity index is 977. The van der Waals surface area contributed by atoms with E-state index in [1.54, 1.807) is 0 Å². The summed E-state index contributed by atoms with van der Waals surface area (Å²) in [6, 6.07) is 12.4. The summed E-state index contributed by atoms with van der Waals surface area (Å²) in [7, 11) is 0. The Balaban J connectivity index is 2.33. The van der Waals surface area contributed by atoms with E-state index < -0.39 is 17.5 Å². The Morgan fingerprint density at radius 1 is 0.939 bits per heavy atom. The lowest BCUT2D eigenvalue weighted by atomic mass is 9.89. The number of carbonyl (C=O) groups is 3. The van der Waals surface area contributed by atoms with E-state index in [0.717, 1.165) is 22.8 Å². The molecule has 0 aliphatic heterocycles. The molecule has 0 aliphatic rings. The molecule has 0 atom stereocenters. The second-order valence-corrected chi connectivity index (χ2v) is 8.43. The molecular weight excluding hydrogens is 418 g/mol. The van der Waals surface area contributed by atoms with Gasteiger partial charge in [-0.05, 0) is 41.2 Å². The number of nitrogens with one attached hydrogen (secondary N) is 1.